The Morgan fingerprint density at radius 2 is 1.27 bits per heavy atom. The van der Waals surface area contributed by atoms with E-state index in [9.17, 15) is 4.79 Å². The molecule has 2 heteroatoms. The van der Waals surface area contributed by atoms with Crippen molar-refractivity contribution in [1.29, 1.82) is 0 Å². The highest BCUT2D eigenvalue weighted by Crippen LogP contribution is 2.45. The van der Waals surface area contributed by atoms with Crippen LogP contribution < -0.4 is 0 Å². The molecule has 0 saturated carbocycles. The number of unbranched alkanes of at least 4 members (excludes halogenated alkanes) is 7. The number of benzene rings is 2. The Balaban J connectivity index is 1.48. The van der Waals surface area contributed by atoms with E-state index in [1.54, 1.807) is 0 Å². The Morgan fingerprint density at radius 1 is 0.769 bits per heavy atom. The van der Waals surface area contributed by atoms with Gasteiger partial charge in [0, 0.05) is 17.5 Å². The molecule has 0 radical (unpaired) electrons. The minimum absolute atomic E-state index is 0.0764. The quantitative estimate of drug-likeness (QED) is 0.347. The van der Waals surface area contributed by atoms with Crippen LogP contribution in [-0.2, 0) is 9.53 Å². The molecule has 0 spiro atoms. The van der Waals surface area contributed by atoms with Gasteiger partial charge in [0.25, 0.3) is 0 Å². The van der Waals surface area contributed by atoms with Crippen LogP contribution in [0.25, 0.3) is 11.1 Å². The molecule has 0 saturated heterocycles. The lowest BCUT2D eigenvalue weighted by Gasteiger charge is -2.15. The summed E-state index contributed by atoms with van der Waals surface area (Å²) in [6.45, 7) is 2.24. The fourth-order valence-electron chi connectivity index (χ4n) is 3.83. The molecule has 0 aromatic heterocycles. The molecule has 0 aliphatic heterocycles. The van der Waals surface area contributed by atoms with E-state index >= 15 is 0 Å². The van der Waals surface area contributed by atoms with E-state index in [0.717, 1.165) is 24.0 Å². The standard InChI is InChI=1S/C24H30O2/c1-2-3-4-5-6-7-8-9-18-23(25)26-24-21-16-12-10-14-19(21)20-15-11-13-17-22(20)24/h10-17,24H,2-9,18H2,1H3. The molecule has 26 heavy (non-hydrogen) atoms. The van der Waals surface area contributed by atoms with Gasteiger partial charge in [-0.15, -0.1) is 0 Å². The van der Waals surface area contributed by atoms with Gasteiger partial charge in [0.15, 0.2) is 6.10 Å². The highest BCUT2D eigenvalue weighted by Gasteiger charge is 2.30. The van der Waals surface area contributed by atoms with Crippen LogP contribution in [0.1, 0.15) is 81.9 Å². The molecule has 0 fully saturated rings. The van der Waals surface area contributed by atoms with Gasteiger partial charge in [-0.2, -0.15) is 0 Å². The molecular weight excluding hydrogens is 320 g/mol. The lowest BCUT2D eigenvalue weighted by atomic mass is 10.1. The van der Waals surface area contributed by atoms with Crippen molar-refractivity contribution >= 4 is 5.97 Å². The van der Waals surface area contributed by atoms with Gasteiger partial charge in [-0.1, -0.05) is 100 Å². The van der Waals surface area contributed by atoms with E-state index < -0.39 is 0 Å². The van der Waals surface area contributed by atoms with E-state index in [1.807, 2.05) is 24.3 Å². The van der Waals surface area contributed by atoms with Crippen LogP contribution in [0, 0.1) is 0 Å². The zero-order valence-electron chi connectivity index (χ0n) is 15.9. The summed E-state index contributed by atoms with van der Waals surface area (Å²) in [6.07, 6.45) is 10.2. The lowest BCUT2D eigenvalue weighted by molar-refractivity contribution is -0.147. The maximum Gasteiger partial charge on any atom is 0.306 e. The lowest BCUT2D eigenvalue weighted by Crippen LogP contribution is -2.10. The summed E-state index contributed by atoms with van der Waals surface area (Å²) in [4.78, 5) is 12.4. The van der Waals surface area contributed by atoms with Crippen molar-refractivity contribution in [2.24, 2.45) is 0 Å². The third kappa shape index (κ3) is 4.55. The first-order valence-corrected chi connectivity index (χ1v) is 10.2. The smallest absolute Gasteiger partial charge is 0.306 e. The summed E-state index contributed by atoms with van der Waals surface area (Å²) in [7, 11) is 0. The van der Waals surface area contributed by atoms with Crippen molar-refractivity contribution in [2.75, 3.05) is 0 Å². The molecule has 3 rings (SSSR count). The fourth-order valence-corrected chi connectivity index (χ4v) is 3.83. The molecule has 0 heterocycles. The molecule has 0 N–H and O–H groups in total. The number of ether oxygens (including phenoxy) is 1. The van der Waals surface area contributed by atoms with Gasteiger partial charge in [-0.3, -0.25) is 4.79 Å². The number of hydrogen-bond donors (Lipinski definition) is 0. The molecule has 0 atom stereocenters. The van der Waals surface area contributed by atoms with Gasteiger partial charge < -0.3 is 4.74 Å². The van der Waals surface area contributed by atoms with Crippen LogP contribution in [0.2, 0.25) is 0 Å². The second-order valence-electron chi connectivity index (χ2n) is 7.27. The van der Waals surface area contributed by atoms with Crippen LogP contribution in [-0.4, -0.2) is 5.97 Å². The number of rotatable bonds is 10. The number of fused-ring (bicyclic) bond motifs is 3. The highest BCUT2D eigenvalue weighted by atomic mass is 16.5. The Hall–Kier alpha value is -2.09. The van der Waals surface area contributed by atoms with E-state index in [1.165, 1.54) is 49.7 Å². The molecule has 1 aliphatic rings. The average Bonchev–Trinajstić information content (AvgIpc) is 2.98. The second kappa shape index (κ2) is 9.56. The molecule has 138 valence electrons. The first kappa shape index (κ1) is 18.7. The number of hydrogen-bond acceptors (Lipinski definition) is 2. The third-order valence-electron chi connectivity index (χ3n) is 5.26. The van der Waals surface area contributed by atoms with E-state index in [-0.39, 0.29) is 12.1 Å². The van der Waals surface area contributed by atoms with Crippen molar-refractivity contribution < 1.29 is 9.53 Å². The van der Waals surface area contributed by atoms with Gasteiger partial charge in [0.05, 0.1) is 0 Å². The maximum absolute atomic E-state index is 12.4. The molecule has 2 aromatic rings. The second-order valence-corrected chi connectivity index (χ2v) is 7.27. The topological polar surface area (TPSA) is 26.3 Å². The van der Waals surface area contributed by atoms with E-state index in [4.69, 9.17) is 4.74 Å². The molecule has 2 aromatic carbocycles. The average molecular weight is 351 g/mol. The number of carbonyl (C=O) groups excluding carboxylic acids is 1. The fraction of sp³-hybridized carbons (Fsp3) is 0.458. The molecular formula is C24H30O2. The van der Waals surface area contributed by atoms with Gasteiger partial charge in [0.2, 0.25) is 0 Å². The predicted octanol–water partition coefficient (Wildman–Crippen LogP) is 6.83. The van der Waals surface area contributed by atoms with Crippen molar-refractivity contribution in [3.05, 3.63) is 59.7 Å². The van der Waals surface area contributed by atoms with Crippen molar-refractivity contribution in [1.82, 2.24) is 0 Å². The van der Waals surface area contributed by atoms with Gasteiger partial charge in [0.1, 0.15) is 0 Å². The summed E-state index contributed by atoms with van der Waals surface area (Å²) >= 11 is 0. The van der Waals surface area contributed by atoms with Gasteiger partial charge >= 0.3 is 5.97 Å². The summed E-state index contributed by atoms with van der Waals surface area (Å²) < 4.78 is 5.88. The van der Waals surface area contributed by atoms with Crippen LogP contribution in [0.5, 0.6) is 0 Å². The zero-order chi connectivity index (χ0) is 18.2. The highest BCUT2D eigenvalue weighted by molar-refractivity contribution is 5.80. The molecule has 2 nitrogen and oxygen atoms in total. The molecule has 0 unspecified atom stereocenters. The van der Waals surface area contributed by atoms with Crippen molar-refractivity contribution in [2.45, 2.75) is 70.8 Å². The third-order valence-corrected chi connectivity index (χ3v) is 5.26. The molecule has 0 amide bonds. The molecule has 1 aliphatic carbocycles. The minimum Gasteiger partial charge on any atom is -0.452 e. The Kier molecular flexibility index (Phi) is 6.88. The SMILES string of the molecule is CCCCCCCCCCC(=O)OC1c2ccccc2-c2ccccc21. The Bertz CT molecular complexity index is 674. The first-order chi connectivity index (χ1) is 12.8. The van der Waals surface area contributed by atoms with E-state index in [2.05, 4.69) is 31.2 Å². The largest absolute Gasteiger partial charge is 0.452 e. The number of carbonyl (C=O) groups is 1. The summed E-state index contributed by atoms with van der Waals surface area (Å²) in [5, 5.41) is 0. The zero-order valence-corrected chi connectivity index (χ0v) is 15.9. The van der Waals surface area contributed by atoms with E-state index in [0.29, 0.717) is 6.42 Å². The predicted molar refractivity (Wildman–Crippen MR) is 107 cm³/mol. The van der Waals surface area contributed by atoms with Crippen molar-refractivity contribution in [3.63, 3.8) is 0 Å². The van der Waals surface area contributed by atoms with Crippen LogP contribution in [0.3, 0.4) is 0 Å². The normalized spacial score (nSPS) is 12.7. The first-order valence-electron chi connectivity index (χ1n) is 10.2. The maximum atomic E-state index is 12.4. The van der Waals surface area contributed by atoms with Crippen LogP contribution in [0.15, 0.2) is 48.5 Å². The molecule has 0 bridgehead atoms. The minimum atomic E-state index is -0.246. The summed E-state index contributed by atoms with van der Waals surface area (Å²) in [5.74, 6) is -0.0764. The van der Waals surface area contributed by atoms with Crippen molar-refractivity contribution in [3.8, 4) is 11.1 Å². The van der Waals surface area contributed by atoms with Crippen LogP contribution in [0.4, 0.5) is 0 Å². The summed E-state index contributed by atoms with van der Waals surface area (Å²) in [5.41, 5.74) is 4.59. The Morgan fingerprint density at radius 3 is 1.85 bits per heavy atom. The van der Waals surface area contributed by atoms with Gasteiger partial charge in [-0.05, 0) is 17.5 Å². The Labute approximate surface area is 157 Å². The summed E-state index contributed by atoms with van der Waals surface area (Å²) in [6, 6.07) is 16.5. The number of esters is 1. The monoisotopic (exact) mass is 350 g/mol. The van der Waals surface area contributed by atoms with Gasteiger partial charge in [-0.25, -0.2) is 0 Å². The van der Waals surface area contributed by atoms with Crippen LogP contribution >= 0.6 is 0 Å².